The molecule has 1 aliphatic rings. The number of anilines is 1. The highest BCUT2D eigenvalue weighted by Crippen LogP contribution is 2.27. The first-order chi connectivity index (χ1) is 11.9. The molecule has 3 rings (SSSR count). The zero-order valence-electron chi connectivity index (χ0n) is 13.1. The molecule has 2 aromatic carbocycles. The van der Waals surface area contributed by atoms with Crippen LogP contribution in [0.2, 0.25) is 5.02 Å². The molecular weight excluding hydrogens is 360 g/mol. The van der Waals surface area contributed by atoms with Crippen LogP contribution in [0.25, 0.3) is 6.08 Å². The molecule has 2 N–H and O–H groups in total. The number of aromatic hydroxyl groups is 1. The number of para-hydroxylation sites is 1. The van der Waals surface area contributed by atoms with Gasteiger partial charge < -0.3 is 5.11 Å². The van der Waals surface area contributed by atoms with E-state index in [1.54, 1.807) is 49.4 Å². The molecular formula is C18H13ClN2O3S. The van der Waals surface area contributed by atoms with Crippen molar-refractivity contribution >= 4 is 52.5 Å². The van der Waals surface area contributed by atoms with Crippen LogP contribution in [0.4, 0.5) is 5.69 Å². The van der Waals surface area contributed by atoms with E-state index < -0.39 is 11.8 Å². The molecule has 0 spiro atoms. The van der Waals surface area contributed by atoms with E-state index in [-0.39, 0.29) is 16.4 Å². The maximum Gasteiger partial charge on any atom is 0.270 e. The lowest BCUT2D eigenvalue weighted by atomic mass is 10.0. The number of hydrogen-bond donors (Lipinski definition) is 2. The Morgan fingerprint density at radius 1 is 1.16 bits per heavy atom. The van der Waals surface area contributed by atoms with Gasteiger partial charge in [-0.2, -0.15) is 0 Å². The van der Waals surface area contributed by atoms with Crippen molar-refractivity contribution in [2.45, 2.75) is 6.92 Å². The minimum atomic E-state index is -0.610. The van der Waals surface area contributed by atoms with Gasteiger partial charge >= 0.3 is 0 Å². The number of halogens is 1. The van der Waals surface area contributed by atoms with Crippen LogP contribution in [-0.4, -0.2) is 22.0 Å². The van der Waals surface area contributed by atoms with Crippen LogP contribution in [0, 0.1) is 6.92 Å². The number of nitrogens with one attached hydrogen (secondary N) is 1. The van der Waals surface area contributed by atoms with Crippen molar-refractivity contribution in [1.82, 2.24) is 5.32 Å². The molecule has 2 amide bonds. The Morgan fingerprint density at radius 2 is 1.84 bits per heavy atom. The molecule has 1 saturated heterocycles. The van der Waals surface area contributed by atoms with Crippen LogP contribution in [-0.2, 0) is 9.59 Å². The number of rotatable bonds is 2. The molecule has 5 nitrogen and oxygen atoms in total. The van der Waals surface area contributed by atoms with Crippen molar-refractivity contribution in [2.24, 2.45) is 0 Å². The SMILES string of the molecule is Cc1cccc(/C=C2/C(=O)NC(=S)N(c3ccc(Cl)cc3)C2=O)c1O. The molecule has 0 radical (unpaired) electrons. The van der Waals surface area contributed by atoms with Gasteiger partial charge in [-0.3, -0.25) is 19.8 Å². The van der Waals surface area contributed by atoms with E-state index in [9.17, 15) is 14.7 Å². The van der Waals surface area contributed by atoms with Gasteiger partial charge in [0.2, 0.25) is 0 Å². The molecule has 0 unspecified atom stereocenters. The van der Waals surface area contributed by atoms with Gasteiger partial charge in [-0.25, -0.2) is 0 Å². The number of benzene rings is 2. The van der Waals surface area contributed by atoms with E-state index in [4.69, 9.17) is 23.8 Å². The number of carbonyl (C=O) groups excluding carboxylic acids is 2. The Balaban J connectivity index is 2.05. The number of carbonyl (C=O) groups is 2. The first-order valence-corrected chi connectivity index (χ1v) is 8.12. The number of phenolic OH excluding ortho intramolecular Hbond substituents is 1. The van der Waals surface area contributed by atoms with Crippen molar-refractivity contribution in [3.8, 4) is 5.75 Å². The fraction of sp³-hybridized carbons (Fsp3) is 0.0556. The highest BCUT2D eigenvalue weighted by molar-refractivity contribution is 7.80. The Bertz CT molecular complexity index is 922. The first-order valence-electron chi connectivity index (χ1n) is 7.34. The van der Waals surface area contributed by atoms with E-state index in [0.29, 0.717) is 21.8 Å². The van der Waals surface area contributed by atoms with E-state index in [2.05, 4.69) is 5.32 Å². The van der Waals surface area contributed by atoms with Crippen LogP contribution in [0.1, 0.15) is 11.1 Å². The molecule has 0 aliphatic carbocycles. The highest BCUT2D eigenvalue weighted by Gasteiger charge is 2.34. The van der Waals surface area contributed by atoms with Crippen molar-refractivity contribution in [3.63, 3.8) is 0 Å². The third-order valence-electron chi connectivity index (χ3n) is 3.76. The Labute approximate surface area is 154 Å². The maximum absolute atomic E-state index is 12.8. The normalized spacial score (nSPS) is 16.3. The van der Waals surface area contributed by atoms with Crippen molar-refractivity contribution in [3.05, 3.63) is 64.2 Å². The largest absolute Gasteiger partial charge is 0.507 e. The zero-order valence-corrected chi connectivity index (χ0v) is 14.7. The van der Waals surface area contributed by atoms with E-state index in [1.165, 1.54) is 11.0 Å². The van der Waals surface area contributed by atoms with Crippen LogP contribution in [0.5, 0.6) is 5.75 Å². The monoisotopic (exact) mass is 372 g/mol. The molecule has 2 aromatic rings. The average Bonchev–Trinajstić information content (AvgIpc) is 2.56. The quantitative estimate of drug-likeness (QED) is 0.482. The number of phenols is 1. The van der Waals surface area contributed by atoms with Gasteiger partial charge in [0, 0.05) is 10.6 Å². The van der Waals surface area contributed by atoms with Crippen molar-refractivity contribution in [1.29, 1.82) is 0 Å². The molecule has 0 bridgehead atoms. The summed E-state index contributed by atoms with van der Waals surface area (Å²) in [7, 11) is 0. The molecule has 25 heavy (non-hydrogen) atoms. The summed E-state index contributed by atoms with van der Waals surface area (Å²) in [6.07, 6.45) is 1.35. The number of aryl methyl sites for hydroxylation is 1. The predicted octanol–water partition coefficient (Wildman–Crippen LogP) is 3.19. The minimum Gasteiger partial charge on any atom is -0.507 e. The van der Waals surface area contributed by atoms with Crippen molar-refractivity contribution in [2.75, 3.05) is 4.90 Å². The van der Waals surface area contributed by atoms with Gasteiger partial charge in [-0.05, 0) is 55.0 Å². The Hall–Kier alpha value is -2.70. The van der Waals surface area contributed by atoms with Gasteiger partial charge in [0.25, 0.3) is 11.8 Å². The molecule has 0 saturated carbocycles. The molecule has 0 atom stereocenters. The standard InChI is InChI=1S/C18H13ClN2O3S/c1-10-3-2-4-11(15(10)22)9-14-16(23)20-18(25)21(17(14)24)13-7-5-12(19)6-8-13/h2-9,22H,1H3,(H,20,23,25)/b14-9-. The van der Waals surface area contributed by atoms with Crippen LogP contribution in [0.15, 0.2) is 48.0 Å². The van der Waals surface area contributed by atoms with Gasteiger partial charge in [0.05, 0.1) is 5.69 Å². The molecule has 1 heterocycles. The topological polar surface area (TPSA) is 69.6 Å². The lowest BCUT2D eigenvalue weighted by molar-refractivity contribution is -0.122. The fourth-order valence-corrected chi connectivity index (χ4v) is 2.84. The Morgan fingerprint density at radius 3 is 2.52 bits per heavy atom. The maximum atomic E-state index is 12.8. The average molecular weight is 373 g/mol. The minimum absolute atomic E-state index is 0.0112. The van der Waals surface area contributed by atoms with E-state index >= 15 is 0 Å². The number of hydrogen-bond acceptors (Lipinski definition) is 4. The molecule has 126 valence electrons. The summed E-state index contributed by atoms with van der Waals surface area (Å²) >= 11 is 11.0. The van der Waals surface area contributed by atoms with E-state index in [0.717, 1.165) is 0 Å². The van der Waals surface area contributed by atoms with Crippen LogP contribution < -0.4 is 10.2 Å². The number of amides is 2. The summed E-state index contributed by atoms with van der Waals surface area (Å²) in [5, 5.41) is 13.1. The summed E-state index contributed by atoms with van der Waals surface area (Å²) in [6, 6.07) is 11.6. The summed E-state index contributed by atoms with van der Waals surface area (Å²) in [5.74, 6) is -1.17. The van der Waals surface area contributed by atoms with E-state index in [1.807, 2.05) is 0 Å². The molecule has 1 fully saturated rings. The smallest absolute Gasteiger partial charge is 0.270 e. The van der Waals surface area contributed by atoms with Crippen molar-refractivity contribution < 1.29 is 14.7 Å². The third-order valence-corrected chi connectivity index (χ3v) is 4.29. The Kier molecular flexibility index (Phi) is 4.57. The lowest BCUT2D eigenvalue weighted by Crippen LogP contribution is -2.54. The summed E-state index contributed by atoms with van der Waals surface area (Å²) < 4.78 is 0. The summed E-state index contributed by atoms with van der Waals surface area (Å²) in [5.41, 5.74) is 1.38. The first kappa shape index (κ1) is 17.1. The second-order valence-corrected chi connectivity index (χ2v) is 6.27. The molecule has 0 aromatic heterocycles. The second-order valence-electron chi connectivity index (χ2n) is 5.45. The molecule has 1 aliphatic heterocycles. The third kappa shape index (κ3) is 3.26. The van der Waals surface area contributed by atoms with Gasteiger partial charge in [-0.15, -0.1) is 0 Å². The fourth-order valence-electron chi connectivity index (χ4n) is 2.44. The summed E-state index contributed by atoms with van der Waals surface area (Å²) in [6.45, 7) is 1.73. The predicted molar refractivity (Wildman–Crippen MR) is 100 cm³/mol. The van der Waals surface area contributed by atoms with Crippen LogP contribution in [0.3, 0.4) is 0 Å². The van der Waals surface area contributed by atoms with Gasteiger partial charge in [0.15, 0.2) is 5.11 Å². The highest BCUT2D eigenvalue weighted by atomic mass is 35.5. The second kappa shape index (κ2) is 6.66. The van der Waals surface area contributed by atoms with Gasteiger partial charge in [0.1, 0.15) is 11.3 Å². The lowest BCUT2D eigenvalue weighted by Gasteiger charge is -2.29. The van der Waals surface area contributed by atoms with Crippen LogP contribution >= 0.6 is 23.8 Å². The number of thiocarbonyl (C=S) groups is 1. The molecule has 7 heteroatoms. The summed E-state index contributed by atoms with van der Waals surface area (Å²) in [4.78, 5) is 26.3. The van der Waals surface area contributed by atoms with Gasteiger partial charge in [-0.1, -0.05) is 29.8 Å². The number of nitrogens with zero attached hydrogens (tertiary/aromatic N) is 1. The zero-order chi connectivity index (χ0) is 18.1.